The number of hydrogen-bond acceptors (Lipinski definition) is 5. The molecule has 0 radical (unpaired) electrons. The molecule has 2 N–H and O–H groups in total. The van der Waals surface area contributed by atoms with Gasteiger partial charge in [-0.1, -0.05) is 17.2 Å². The van der Waals surface area contributed by atoms with E-state index in [1.165, 1.54) is 6.07 Å². The molecular weight excluding hydrogens is 260 g/mol. The van der Waals surface area contributed by atoms with Gasteiger partial charge in [0.1, 0.15) is 0 Å². The quantitative estimate of drug-likeness (QED) is 0.626. The Bertz CT molecular complexity index is 782. The van der Waals surface area contributed by atoms with Crippen LogP contribution in [0.2, 0.25) is 0 Å². The number of rotatable bonds is 1. The Labute approximate surface area is 113 Å². The average molecular weight is 270 g/mol. The van der Waals surface area contributed by atoms with E-state index in [2.05, 4.69) is 0 Å². The highest BCUT2D eigenvalue weighted by molar-refractivity contribution is 6.25. The summed E-state index contributed by atoms with van der Waals surface area (Å²) in [6.07, 6.45) is 0. The predicted octanol–water partition coefficient (Wildman–Crippen LogP) is 1.50. The van der Waals surface area contributed by atoms with Gasteiger partial charge >= 0.3 is 5.97 Å². The van der Waals surface area contributed by atoms with Gasteiger partial charge in [-0.15, -0.1) is 0 Å². The minimum atomic E-state index is -0.744. The molecule has 6 heteroatoms. The van der Waals surface area contributed by atoms with Crippen LogP contribution in [0, 0.1) is 0 Å². The third-order valence-electron chi connectivity index (χ3n) is 3.05. The third-order valence-corrected chi connectivity index (χ3v) is 3.05. The summed E-state index contributed by atoms with van der Waals surface area (Å²) in [5, 5.41) is 1.69. The number of carbonyl (C=O) groups excluding carboxylic acids is 3. The highest BCUT2D eigenvalue weighted by atomic mass is 16.7. The molecule has 0 aliphatic carbocycles. The first-order chi connectivity index (χ1) is 9.49. The zero-order valence-corrected chi connectivity index (χ0v) is 10.5. The minimum absolute atomic E-state index is 0.247. The van der Waals surface area contributed by atoms with Gasteiger partial charge in [0, 0.05) is 18.0 Å². The van der Waals surface area contributed by atoms with Crippen molar-refractivity contribution in [2.24, 2.45) is 0 Å². The molecule has 20 heavy (non-hydrogen) atoms. The maximum absolute atomic E-state index is 12.3. The van der Waals surface area contributed by atoms with Crippen LogP contribution in [0.4, 0.5) is 5.69 Å². The topological polar surface area (TPSA) is 89.7 Å². The number of benzene rings is 2. The number of hydrogen-bond donors (Lipinski definition) is 1. The van der Waals surface area contributed by atoms with Gasteiger partial charge in [0.15, 0.2) is 0 Å². The Morgan fingerprint density at radius 2 is 1.85 bits per heavy atom. The lowest BCUT2D eigenvalue weighted by Crippen LogP contribution is -2.41. The van der Waals surface area contributed by atoms with Gasteiger partial charge in [-0.25, -0.2) is 4.79 Å². The molecule has 1 aliphatic heterocycles. The zero-order valence-electron chi connectivity index (χ0n) is 10.5. The van der Waals surface area contributed by atoms with Crippen molar-refractivity contribution in [3.05, 3.63) is 41.5 Å². The molecule has 0 atom stereocenters. The van der Waals surface area contributed by atoms with Crippen LogP contribution in [-0.2, 0) is 9.63 Å². The van der Waals surface area contributed by atoms with Crippen molar-refractivity contribution in [3.8, 4) is 0 Å². The van der Waals surface area contributed by atoms with E-state index >= 15 is 0 Å². The largest absolute Gasteiger partial charge is 0.399 e. The van der Waals surface area contributed by atoms with E-state index in [-0.39, 0.29) is 5.56 Å². The molecule has 2 amide bonds. The van der Waals surface area contributed by atoms with Crippen molar-refractivity contribution >= 4 is 34.2 Å². The van der Waals surface area contributed by atoms with Crippen molar-refractivity contribution in [1.29, 1.82) is 0 Å². The number of nitrogens with zero attached hydrogens (tertiary/aromatic N) is 1. The second kappa shape index (κ2) is 4.06. The number of carbonyl (C=O) groups is 3. The van der Waals surface area contributed by atoms with Crippen LogP contribution < -0.4 is 5.73 Å². The first-order valence-corrected chi connectivity index (χ1v) is 5.88. The molecule has 0 bridgehead atoms. The number of anilines is 1. The molecule has 6 nitrogen and oxygen atoms in total. The third kappa shape index (κ3) is 1.62. The average Bonchev–Trinajstić information content (AvgIpc) is 2.40. The van der Waals surface area contributed by atoms with E-state index in [1.54, 1.807) is 24.3 Å². The van der Waals surface area contributed by atoms with E-state index in [9.17, 15) is 14.4 Å². The smallest absolute Gasteiger partial charge is 0.330 e. The lowest BCUT2D eigenvalue weighted by Gasteiger charge is -2.25. The lowest BCUT2D eigenvalue weighted by atomic mass is 9.94. The molecule has 3 rings (SSSR count). The monoisotopic (exact) mass is 270 g/mol. The summed E-state index contributed by atoms with van der Waals surface area (Å²) >= 11 is 0. The van der Waals surface area contributed by atoms with Crippen LogP contribution in [0.25, 0.3) is 10.8 Å². The van der Waals surface area contributed by atoms with Crippen molar-refractivity contribution in [2.45, 2.75) is 6.92 Å². The summed E-state index contributed by atoms with van der Waals surface area (Å²) in [7, 11) is 0. The summed E-state index contributed by atoms with van der Waals surface area (Å²) in [6, 6.07) is 8.18. The molecule has 100 valence electrons. The fraction of sp³-hybridized carbons (Fsp3) is 0.0714. The molecule has 0 saturated heterocycles. The van der Waals surface area contributed by atoms with Crippen LogP contribution >= 0.6 is 0 Å². The Hall–Kier alpha value is -2.89. The SMILES string of the molecule is CC(=O)ON1C(=O)c2cccc3cc(N)cc(c23)C1=O. The van der Waals surface area contributed by atoms with E-state index in [1.807, 2.05) is 0 Å². The van der Waals surface area contributed by atoms with Gasteiger partial charge in [0.05, 0.1) is 11.1 Å². The summed E-state index contributed by atoms with van der Waals surface area (Å²) in [5.74, 6) is -2.10. The number of nitrogen functional groups attached to an aromatic ring is 1. The normalized spacial score (nSPS) is 13.8. The summed E-state index contributed by atoms with van der Waals surface area (Å²) in [5.41, 5.74) is 6.70. The molecular formula is C14H10N2O4. The van der Waals surface area contributed by atoms with Crippen molar-refractivity contribution in [3.63, 3.8) is 0 Å². The van der Waals surface area contributed by atoms with Crippen LogP contribution in [0.5, 0.6) is 0 Å². The molecule has 0 saturated carbocycles. The van der Waals surface area contributed by atoms with E-state index < -0.39 is 17.8 Å². The second-order valence-electron chi connectivity index (χ2n) is 4.46. The van der Waals surface area contributed by atoms with Gasteiger partial charge in [0.2, 0.25) is 0 Å². The Kier molecular flexibility index (Phi) is 2.47. The van der Waals surface area contributed by atoms with E-state index in [4.69, 9.17) is 10.6 Å². The van der Waals surface area contributed by atoms with Gasteiger partial charge in [-0.2, -0.15) is 0 Å². The highest BCUT2D eigenvalue weighted by Gasteiger charge is 2.35. The fourth-order valence-corrected chi connectivity index (χ4v) is 2.32. The standard InChI is InChI=1S/C14H10N2O4/c1-7(17)20-16-13(18)10-4-2-3-8-5-9(15)6-11(12(8)10)14(16)19/h2-6H,15H2,1H3. The maximum atomic E-state index is 12.3. The molecule has 0 unspecified atom stereocenters. The van der Waals surface area contributed by atoms with Crippen molar-refractivity contribution in [1.82, 2.24) is 5.06 Å². The number of nitrogens with two attached hydrogens (primary N) is 1. The Morgan fingerprint density at radius 3 is 2.55 bits per heavy atom. The highest BCUT2D eigenvalue weighted by Crippen LogP contribution is 2.32. The first-order valence-electron chi connectivity index (χ1n) is 5.88. The maximum Gasteiger partial charge on any atom is 0.330 e. The summed E-state index contributed by atoms with van der Waals surface area (Å²) in [4.78, 5) is 40.2. The predicted molar refractivity (Wildman–Crippen MR) is 70.6 cm³/mol. The van der Waals surface area contributed by atoms with Gasteiger partial charge in [-0.3, -0.25) is 9.59 Å². The minimum Gasteiger partial charge on any atom is -0.399 e. The Balaban J connectivity index is 2.31. The van der Waals surface area contributed by atoms with Gasteiger partial charge in [0.25, 0.3) is 11.8 Å². The van der Waals surface area contributed by atoms with E-state index in [0.29, 0.717) is 27.1 Å². The fourth-order valence-electron chi connectivity index (χ4n) is 2.32. The Morgan fingerprint density at radius 1 is 1.15 bits per heavy atom. The number of imide groups is 1. The first kappa shape index (κ1) is 12.2. The van der Waals surface area contributed by atoms with Crippen LogP contribution in [0.1, 0.15) is 27.6 Å². The van der Waals surface area contributed by atoms with E-state index in [0.717, 1.165) is 6.92 Å². The van der Waals surface area contributed by atoms with Crippen LogP contribution in [0.3, 0.4) is 0 Å². The molecule has 2 aromatic rings. The zero-order chi connectivity index (χ0) is 14.4. The second-order valence-corrected chi connectivity index (χ2v) is 4.46. The van der Waals surface area contributed by atoms with Crippen molar-refractivity contribution < 1.29 is 19.2 Å². The summed E-state index contributed by atoms with van der Waals surface area (Å²) < 4.78 is 0. The van der Waals surface area contributed by atoms with Crippen LogP contribution in [-0.4, -0.2) is 22.8 Å². The lowest BCUT2D eigenvalue weighted by molar-refractivity contribution is -0.166. The molecule has 2 aromatic carbocycles. The number of amides is 2. The van der Waals surface area contributed by atoms with Crippen LogP contribution in [0.15, 0.2) is 30.3 Å². The van der Waals surface area contributed by atoms with Crippen molar-refractivity contribution in [2.75, 3.05) is 5.73 Å². The summed E-state index contributed by atoms with van der Waals surface area (Å²) in [6.45, 7) is 1.12. The molecule has 1 aliphatic rings. The molecule has 0 spiro atoms. The van der Waals surface area contributed by atoms with Gasteiger partial charge in [-0.05, 0) is 23.6 Å². The molecule has 1 heterocycles. The number of hydroxylamine groups is 2. The van der Waals surface area contributed by atoms with Gasteiger partial charge < -0.3 is 10.6 Å². The molecule has 0 aromatic heterocycles. The molecule has 0 fully saturated rings.